The lowest BCUT2D eigenvalue weighted by Gasteiger charge is -2.10. The quantitative estimate of drug-likeness (QED) is 0.609. The van der Waals surface area contributed by atoms with Gasteiger partial charge in [-0.05, 0) is 18.8 Å². The highest BCUT2D eigenvalue weighted by atomic mass is 16.4. The van der Waals surface area contributed by atoms with Gasteiger partial charge in [0.15, 0.2) is 0 Å². The molecule has 0 rings (SSSR count). The molecule has 0 aromatic heterocycles. The Morgan fingerprint density at radius 1 is 1.43 bits per heavy atom. The summed E-state index contributed by atoms with van der Waals surface area (Å²) in [5, 5.41) is 8.61. The Morgan fingerprint density at radius 2 is 2.07 bits per heavy atom. The fourth-order valence-corrected chi connectivity index (χ4v) is 1.42. The molecular weight excluding hydrogens is 180 g/mol. The third-order valence-electron chi connectivity index (χ3n) is 2.01. The van der Waals surface area contributed by atoms with Gasteiger partial charge >= 0.3 is 5.97 Å². The number of Topliss-reactive ketones (excluding diaryl/α,β-unsaturated/α-hetero) is 1. The van der Waals surface area contributed by atoms with E-state index in [0.29, 0.717) is 19.3 Å². The SMILES string of the molecule is C=CCC(CC(=O)O)CC(=O)CCC. The summed E-state index contributed by atoms with van der Waals surface area (Å²) in [7, 11) is 0. The van der Waals surface area contributed by atoms with Crippen molar-refractivity contribution >= 4 is 11.8 Å². The summed E-state index contributed by atoms with van der Waals surface area (Å²) in [4.78, 5) is 21.8. The molecule has 0 saturated heterocycles. The predicted octanol–water partition coefficient (Wildman–Crippen LogP) is 2.41. The van der Waals surface area contributed by atoms with Gasteiger partial charge in [-0.15, -0.1) is 6.58 Å². The van der Waals surface area contributed by atoms with Crippen LogP contribution in [0.25, 0.3) is 0 Å². The monoisotopic (exact) mass is 198 g/mol. The average Bonchev–Trinajstić information content (AvgIpc) is 2.03. The number of allylic oxidation sites excluding steroid dienone is 1. The molecule has 0 amide bonds. The van der Waals surface area contributed by atoms with Crippen LogP contribution in [0.1, 0.15) is 39.0 Å². The van der Waals surface area contributed by atoms with E-state index in [2.05, 4.69) is 6.58 Å². The second kappa shape index (κ2) is 7.30. The van der Waals surface area contributed by atoms with Crippen LogP contribution in [-0.4, -0.2) is 16.9 Å². The van der Waals surface area contributed by atoms with Crippen LogP contribution in [0.5, 0.6) is 0 Å². The minimum absolute atomic E-state index is 0.0570. The zero-order valence-corrected chi connectivity index (χ0v) is 8.66. The standard InChI is InChI=1S/C11H18O3/c1-3-5-9(8-11(13)14)7-10(12)6-4-2/h3,9H,1,4-8H2,2H3,(H,13,14). The van der Waals surface area contributed by atoms with Gasteiger partial charge in [-0.2, -0.15) is 0 Å². The molecule has 0 aromatic carbocycles. The number of rotatable bonds is 8. The number of hydrogen-bond acceptors (Lipinski definition) is 2. The van der Waals surface area contributed by atoms with Crippen LogP contribution < -0.4 is 0 Å². The molecule has 0 heterocycles. The maximum Gasteiger partial charge on any atom is 0.303 e. The van der Waals surface area contributed by atoms with Gasteiger partial charge in [0, 0.05) is 19.3 Å². The molecule has 0 aliphatic rings. The van der Waals surface area contributed by atoms with Crippen LogP contribution in [0.2, 0.25) is 0 Å². The second-order valence-electron chi connectivity index (χ2n) is 3.48. The highest BCUT2D eigenvalue weighted by Gasteiger charge is 2.15. The average molecular weight is 198 g/mol. The Bertz CT molecular complexity index is 209. The Labute approximate surface area is 84.8 Å². The number of carbonyl (C=O) groups is 2. The zero-order chi connectivity index (χ0) is 11.0. The van der Waals surface area contributed by atoms with Crippen LogP contribution in [0.15, 0.2) is 12.7 Å². The van der Waals surface area contributed by atoms with E-state index < -0.39 is 5.97 Å². The number of hydrogen-bond donors (Lipinski definition) is 1. The number of ketones is 1. The molecule has 1 atom stereocenters. The predicted molar refractivity (Wildman–Crippen MR) is 55.1 cm³/mol. The highest BCUT2D eigenvalue weighted by molar-refractivity contribution is 5.79. The highest BCUT2D eigenvalue weighted by Crippen LogP contribution is 2.15. The van der Waals surface area contributed by atoms with Crippen molar-refractivity contribution in [3.63, 3.8) is 0 Å². The van der Waals surface area contributed by atoms with Gasteiger partial charge in [-0.3, -0.25) is 9.59 Å². The second-order valence-corrected chi connectivity index (χ2v) is 3.48. The minimum Gasteiger partial charge on any atom is -0.481 e. The molecule has 0 saturated carbocycles. The molecule has 3 heteroatoms. The fraction of sp³-hybridized carbons (Fsp3) is 0.636. The first-order valence-electron chi connectivity index (χ1n) is 4.94. The maximum absolute atomic E-state index is 11.3. The van der Waals surface area contributed by atoms with Crippen molar-refractivity contribution < 1.29 is 14.7 Å². The van der Waals surface area contributed by atoms with Crippen LogP contribution in [0.4, 0.5) is 0 Å². The molecule has 14 heavy (non-hydrogen) atoms. The maximum atomic E-state index is 11.3. The molecule has 0 aromatic rings. The van der Waals surface area contributed by atoms with E-state index in [1.807, 2.05) is 6.92 Å². The Balaban J connectivity index is 4.00. The van der Waals surface area contributed by atoms with E-state index in [1.54, 1.807) is 6.08 Å². The molecule has 0 bridgehead atoms. The number of carboxylic acids is 1. The molecule has 0 radical (unpaired) electrons. The van der Waals surface area contributed by atoms with Crippen molar-refractivity contribution in [2.45, 2.75) is 39.0 Å². The van der Waals surface area contributed by atoms with Gasteiger partial charge in [0.1, 0.15) is 5.78 Å². The van der Waals surface area contributed by atoms with Gasteiger partial charge < -0.3 is 5.11 Å². The Kier molecular flexibility index (Phi) is 6.72. The minimum atomic E-state index is -0.846. The first kappa shape index (κ1) is 12.9. The van der Waals surface area contributed by atoms with Crippen molar-refractivity contribution in [1.82, 2.24) is 0 Å². The van der Waals surface area contributed by atoms with Gasteiger partial charge in [-0.1, -0.05) is 13.0 Å². The Morgan fingerprint density at radius 3 is 2.50 bits per heavy atom. The van der Waals surface area contributed by atoms with E-state index in [1.165, 1.54) is 0 Å². The lowest BCUT2D eigenvalue weighted by Crippen LogP contribution is -2.12. The first-order chi connectivity index (χ1) is 6.60. The summed E-state index contributed by atoms with van der Waals surface area (Å²) in [6.07, 6.45) is 4.07. The molecule has 0 fully saturated rings. The summed E-state index contributed by atoms with van der Waals surface area (Å²) in [6, 6.07) is 0. The normalized spacial score (nSPS) is 12.1. The van der Waals surface area contributed by atoms with Crippen molar-refractivity contribution in [3.8, 4) is 0 Å². The first-order valence-corrected chi connectivity index (χ1v) is 4.94. The summed E-state index contributed by atoms with van der Waals surface area (Å²) in [5.41, 5.74) is 0. The van der Waals surface area contributed by atoms with Gasteiger partial charge in [0.05, 0.1) is 0 Å². The van der Waals surface area contributed by atoms with Crippen molar-refractivity contribution in [2.24, 2.45) is 5.92 Å². The van der Waals surface area contributed by atoms with Gasteiger partial charge in [0.25, 0.3) is 0 Å². The number of carboxylic acid groups (broad SMARTS) is 1. The molecule has 0 spiro atoms. The number of aliphatic carboxylic acids is 1. The van der Waals surface area contributed by atoms with Crippen LogP contribution in [0.3, 0.4) is 0 Å². The summed E-state index contributed by atoms with van der Waals surface area (Å²) in [5.74, 6) is -0.772. The van der Waals surface area contributed by atoms with Crippen LogP contribution in [-0.2, 0) is 9.59 Å². The lowest BCUT2D eigenvalue weighted by atomic mass is 9.94. The molecule has 1 N–H and O–H groups in total. The largest absolute Gasteiger partial charge is 0.481 e. The summed E-state index contributed by atoms with van der Waals surface area (Å²) in [6.45, 7) is 5.50. The molecule has 1 unspecified atom stereocenters. The third kappa shape index (κ3) is 6.40. The van der Waals surface area contributed by atoms with Gasteiger partial charge in [-0.25, -0.2) is 0 Å². The van der Waals surface area contributed by atoms with Crippen LogP contribution in [0, 0.1) is 5.92 Å². The van der Waals surface area contributed by atoms with Crippen LogP contribution >= 0.6 is 0 Å². The number of carbonyl (C=O) groups excluding carboxylic acids is 1. The Hall–Kier alpha value is -1.12. The molecule has 0 aliphatic heterocycles. The lowest BCUT2D eigenvalue weighted by molar-refractivity contribution is -0.138. The van der Waals surface area contributed by atoms with E-state index in [4.69, 9.17) is 5.11 Å². The van der Waals surface area contributed by atoms with E-state index in [0.717, 1.165) is 6.42 Å². The molecule has 0 aliphatic carbocycles. The van der Waals surface area contributed by atoms with E-state index >= 15 is 0 Å². The topological polar surface area (TPSA) is 54.4 Å². The van der Waals surface area contributed by atoms with Gasteiger partial charge in [0.2, 0.25) is 0 Å². The summed E-state index contributed by atoms with van der Waals surface area (Å²) >= 11 is 0. The van der Waals surface area contributed by atoms with Crippen molar-refractivity contribution in [3.05, 3.63) is 12.7 Å². The molecule has 80 valence electrons. The fourth-order valence-electron chi connectivity index (χ4n) is 1.42. The zero-order valence-electron chi connectivity index (χ0n) is 8.66. The van der Waals surface area contributed by atoms with E-state index in [-0.39, 0.29) is 18.1 Å². The third-order valence-corrected chi connectivity index (χ3v) is 2.01. The molecular formula is C11H18O3. The van der Waals surface area contributed by atoms with Crippen molar-refractivity contribution in [2.75, 3.05) is 0 Å². The smallest absolute Gasteiger partial charge is 0.303 e. The molecule has 3 nitrogen and oxygen atoms in total. The summed E-state index contributed by atoms with van der Waals surface area (Å²) < 4.78 is 0. The van der Waals surface area contributed by atoms with E-state index in [9.17, 15) is 9.59 Å². The van der Waals surface area contributed by atoms with Crippen molar-refractivity contribution in [1.29, 1.82) is 0 Å².